The van der Waals surface area contributed by atoms with Gasteiger partial charge < -0.3 is 0 Å². The topological polar surface area (TPSA) is 25.8 Å². The third-order valence-corrected chi connectivity index (χ3v) is 5.42. The molecule has 0 unspecified atom stereocenters. The molecule has 0 saturated heterocycles. The van der Waals surface area contributed by atoms with Crippen LogP contribution in [0.25, 0.3) is 11.1 Å². The lowest BCUT2D eigenvalue weighted by molar-refractivity contribution is 1.01. The Bertz CT molecular complexity index is 677. The fourth-order valence-electron chi connectivity index (χ4n) is 2.55. The molecular weight excluding hydrogens is 272 g/mol. The van der Waals surface area contributed by atoms with Crippen molar-refractivity contribution in [3.05, 3.63) is 65.2 Å². The van der Waals surface area contributed by atoms with Gasteiger partial charge in [-0.3, -0.25) is 0 Å². The highest BCUT2D eigenvalue weighted by Crippen LogP contribution is 2.52. The molecule has 1 aliphatic carbocycles. The van der Waals surface area contributed by atoms with Crippen LogP contribution in [0.1, 0.15) is 16.4 Å². The van der Waals surface area contributed by atoms with Crippen molar-refractivity contribution < 1.29 is 0 Å². The maximum atomic E-state index is 4.16. The van der Waals surface area contributed by atoms with E-state index in [0.29, 0.717) is 5.25 Å². The zero-order valence-electron chi connectivity index (χ0n) is 9.98. The van der Waals surface area contributed by atoms with Gasteiger partial charge in [0, 0.05) is 0 Å². The third-order valence-electron chi connectivity index (χ3n) is 3.34. The van der Waals surface area contributed by atoms with Crippen LogP contribution in [0.4, 0.5) is 0 Å². The van der Waals surface area contributed by atoms with E-state index in [0.717, 1.165) is 4.34 Å². The molecular formula is C15H10N2S2. The highest BCUT2D eigenvalue weighted by molar-refractivity contribution is 8.01. The summed E-state index contributed by atoms with van der Waals surface area (Å²) >= 11 is 3.39. The maximum Gasteiger partial charge on any atom is 0.174 e. The second-order valence-corrected chi connectivity index (χ2v) is 6.56. The molecule has 1 heterocycles. The van der Waals surface area contributed by atoms with E-state index >= 15 is 0 Å². The molecule has 2 nitrogen and oxygen atoms in total. The van der Waals surface area contributed by atoms with E-state index in [9.17, 15) is 0 Å². The molecule has 0 bridgehead atoms. The molecule has 0 N–H and O–H groups in total. The van der Waals surface area contributed by atoms with Crippen molar-refractivity contribution in [2.45, 2.75) is 9.59 Å². The van der Waals surface area contributed by atoms with Gasteiger partial charge in [0.1, 0.15) is 5.51 Å². The summed E-state index contributed by atoms with van der Waals surface area (Å²) in [6.45, 7) is 0. The molecule has 0 amide bonds. The summed E-state index contributed by atoms with van der Waals surface area (Å²) in [6, 6.07) is 17.3. The van der Waals surface area contributed by atoms with E-state index in [1.54, 1.807) is 28.6 Å². The van der Waals surface area contributed by atoms with Gasteiger partial charge in [0.25, 0.3) is 0 Å². The van der Waals surface area contributed by atoms with Crippen molar-refractivity contribution >= 4 is 23.1 Å². The first-order valence-corrected chi connectivity index (χ1v) is 7.80. The molecule has 0 aliphatic heterocycles. The summed E-state index contributed by atoms with van der Waals surface area (Å²) < 4.78 is 1.02. The Labute approximate surface area is 119 Å². The van der Waals surface area contributed by atoms with Crippen LogP contribution in [0.3, 0.4) is 0 Å². The lowest BCUT2D eigenvalue weighted by Gasteiger charge is -2.10. The summed E-state index contributed by atoms with van der Waals surface area (Å²) in [5.41, 5.74) is 7.24. The monoisotopic (exact) mass is 282 g/mol. The van der Waals surface area contributed by atoms with E-state index in [-0.39, 0.29) is 0 Å². The van der Waals surface area contributed by atoms with Crippen molar-refractivity contribution in [1.29, 1.82) is 0 Å². The molecule has 3 aromatic rings. The Morgan fingerprint density at radius 1 is 0.895 bits per heavy atom. The molecule has 0 saturated carbocycles. The highest BCUT2D eigenvalue weighted by Gasteiger charge is 2.29. The summed E-state index contributed by atoms with van der Waals surface area (Å²) in [7, 11) is 0. The summed E-state index contributed by atoms with van der Waals surface area (Å²) in [5, 5.41) is 8.41. The Kier molecular flexibility index (Phi) is 2.64. The third kappa shape index (κ3) is 1.79. The van der Waals surface area contributed by atoms with Crippen LogP contribution in [0.15, 0.2) is 58.4 Å². The number of fused-ring (bicyclic) bond motifs is 3. The van der Waals surface area contributed by atoms with Crippen LogP contribution in [0, 0.1) is 0 Å². The van der Waals surface area contributed by atoms with Crippen molar-refractivity contribution in [1.82, 2.24) is 10.2 Å². The second-order valence-electron chi connectivity index (χ2n) is 4.38. The molecule has 0 fully saturated rings. The average Bonchev–Trinajstić information content (AvgIpc) is 3.08. The lowest BCUT2D eigenvalue weighted by Crippen LogP contribution is -1.90. The Balaban J connectivity index is 1.86. The van der Waals surface area contributed by atoms with Crippen LogP contribution < -0.4 is 0 Å². The fourth-order valence-corrected chi connectivity index (χ4v) is 4.43. The van der Waals surface area contributed by atoms with Gasteiger partial charge in [-0.05, 0) is 22.3 Å². The predicted molar refractivity (Wildman–Crippen MR) is 79.5 cm³/mol. The first kappa shape index (κ1) is 11.2. The summed E-state index contributed by atoms with van der Waals surface area (Å²) in [5.74, 6) is 0. The first-order valence-electron chi connectivity index (χ1n) is 6.04. The van der Waals surface area contributed by atoms with Gasteiger partial charge in [-0.1, -0.05) is 71.6 Å². The molecule has 2 aromatic carbocycles. The Hall–Kier alpha value is -1.65. The van der Waals surface area contributed by atoms with Crippen LogP contribution >= 0.6 is 23.1 Å². The minimum Gasteiger partial charge on any atom is -0.146 e. The van der Waals surface area contributed by atoms with Gasteiger partial charge in [0.05, 0.1) is 5.25 Å². The maximum absolute atomic E-state index is 4.16. The van der Waals surface area contributed by atoms with Gasteiger partial charge in [-0.15, -0.1) is 10.2 Å². The molecule has 1 aliphatic rings. The van der Waals surface area contributed by atoms with Crippen LogP contribution in [-0.2, 0) is 0 Å². The minimum atomic E-state index is 0.334. The minimum absolute atomic E-state index is 0.334. The largest absolute Gasteiger partial charge is 0.174 e. The Morgan fingerprint density at radius 2 is 1.53 bits per heavy atom. The number of rotatable bonds is 2. The van der Waals surface area contributed by atoms with Crippen molar-refractivity contribution in [3.63, 3.8) is 0 Å². The van der Waals surface area contributed by atoms with Crippen LogP contribution in [-0.4, -0.2) is 10.2 Å². The zero-order chi connectivity index (χ0) is 12.7. The number of hydrogen-bond acceptors (Lipinski definition) is 4. The van der Waals surface area contributed by atoms with Crippen LogP contribution in [0.2, 0.25) is 0 Å². The molecule has 0 spiro atoms. The molecule has 0 atom stereocenters. The first-order chi connectivity index (χ1) is 9.43. The SMILES string of the molecule is c1ccc2c(c1)-c1ccccc1C2Sc1nncs1. The molecule has 19 heavy (non-hydrogen) atoms. The Morgan fingerprint density at radius 3 is 2.11 bits per heavy atom. The van der Waals surface area contributed by atoms with E-state index in [4.69, 9.17) is 0 Å². The van der Waals surface area contributed by atoms with Crippen molar-refractivity contribution in [3.8, 4) is 11.1 Å². The molecule has 92 valence electrons. The standard InChI is InChI=1S/C15H10N2S2/c1-3-7-12-10(5-1)11-6-2-4-8-13(11)14(12)19-15-17-16-9-18-15/h1-9,14H. The lowest BCUT2D eigenvalue weighted by atomic mass is 10.1. The molecule has 4 rings (SSSR count). The van der Waals surface area contributed by atoms with E-state index < -0.39 is 0 Å². The molecule has 4 heteroatoms. The van der Waals surface area contributed by atoms with Gasteiger partial charge in [-0.25, -0.2) is 0 Å². The summed E-state index contributed by atoms with van der Waals surface area (Å²) in [4.78, 5) is 0. The smallest absolute Gasteiger partial charge is 0.146 e. The van der Waals surface area contributed by atoms with Gasteiger partial charge in [-0.2, -0.15) is 0 Å². The highest BCUT2D eigenvalue weighted by atomic mass is 32.2. The quantitative estimate of drug-likeness (QED) is 0.696. The predicted octanol–water partition coefficient (Wildman–Crippen LogP) is 4.40. The second kappa shape index (κ2) is 4.47. The average molecular weight is 282 g/mol. The van der Waals surface area contributed by atoms with E-state index in [1.807, 2.05) is 0 Å². The molecule has 0 radical (unpaired) electrons. The van der Waals surface area contributed by atoms with Gasteiger partial charge in [0.2, 0.25) is 0 Å². The summed E-state index contributed by atoms with van der Waals surface area (Å²) in [6.07, 6.45) is 0. The van der Waals surface area contributed by atoms with Crippen molar-refractivity contribution in [2.75, 3.05) is 0 Å². The number of thioether (sulfide) groups is 1. The number of aromatic nitrogens is 2. The molecule has 1 aromatic heterocycles. The normalized spacial score (nSPS) is 13.3. The van der Waals surface area contributed by atoms with Crippen LogP contribution in [0.5, 0.6) is 0 Å². The van der Waals surface area contributed by atoms with Crippen molar-refractivity contribution in [2.24, 2.45) is 0 Å². The number of hydrogen-bond donors (Lipinski definition) is 0. The van der Waals surface area contributed by atoms with Gasteiger partial charge >= 0.3 is 0 Å². The zero-order valence-corrected chi connectivity index (χ0v) is 11.6. The number of nitrogens with zero attached hydrogens (tertiary/aromatic N) is 2. The fraction of sp³-hybridized carbons (Fsp3) is 0.0667. The van der Waals surface area contributed by atoms with E-state index in [2.05, 4.69) is 58.7 Å². The van der Waals surface area contributed by atoms with E-state index in [1.165, 1.54) is 22.3 Å². The van der Waals surface area contributed by atoms with Gasteiger partial charge in [0.15, 0.2) is 4.34 Å². The number of benzene rings is 2.